The monoisotopic (exact) mass is 519 g/mol. The van der Waals surface area contributed by atoms with E-state index in [1.807, 2.05) is 6.07 Å². The lowest BCUT2D eigenvalue weighted by atomic mass is 10.1. The van der Waals surface area contributed by atoms with Crippen molar-refractivity contribution in [2.24, 2.45) is 4.99 Å². The lowest BCUT2D eigenvalue weighted by Crippen LogP contribution is -2.47. The lowest BCUT2D eigenvalue weighted by molar-refractivity contribution is 0.204. The minimum atomic E-state index is 0. The summed E-state index contributed by atoms with van der Waals surface area (Å²) in [5.41, 5.74) is 1.14. The fourth-order valence-electron chi connectivity index (χ4n) is 3.01. The van der Waals surface area contributed by atoms with Gasteiger partial charge in [-0.3, -0.25) is 4.99 Å². The summed E-state index contributed by atoms with van der Waals surface area (Å²) in [6.07, 6.45) is 1.06. The SMILES string of the molecule is CCNC(=NCC(C)(C)N(C)C)NC1CCN(c2cc(OC)cc(OC)c2)C1.I. The van der Waals surface area contributed by atoms with E-state index in [1.54, 1.807) is 14.2 Å². The molecule has 0 amide bonds. The number of aliphatic imine (C=N–C) groups is 1. The number of nitrogens with zero attached hydrogens (tertiary/aromatic N) is 3. The van der Waals surface area contributed by atoms with Crippen LogP contribution in [0.3, 0.4) is 0 Å². The van der Waals surface area contributed by atoms with Gasteiger partial charge in [-0.05, 0) is 41.3 Å². The number of guanidine groups is 1. The Labute approximate surface area is 193 Å². The third kappa shape index (κ3) is 7.40. The maximum atomic E-state index is 5.41. The predicted octanol–water partition coefficient (Wildman–Crippen LogP) is 2.80. The number of hydrogen-bond acceptors (Lipinski definition) is 5. The van der Waals surface area contributed by atoms with Crippen LogP contribution < -0.4 is 25.0 Å². The molecule has 0 bridgehead atoms. The van der Waals surface area contributed by atoms with Crippen LogP contribution in [0.1, 0.15) is 27.2 Å². The first kappa shape index (κ1) is 25.6. The second-order valence-corrected chi connectivity index (χ2v) is 8.05. The first-order valence-electron chi connectivity index (χ1n) is 9.99. The van der Waals surface area contributed by atoms with E-state index in [2.05, 4.69) is 67.4 Å². The highest BCUT2D eigenvalue weighted by atomic mass is 127. The van der Waals surface area contributed by atoms with Gasteiger partial charge in [0, 0.05) is 55.1 Å². The molecular formula is C21H38IN5O2. The predicted molar refractivity (Wildman–Crippen MR) is 132 cm³/mol. The van der Waals surface area contributed by atoms with Gasteiger partial charge in [-0.15, -0.1) is 24.0 Å². The summed E-state index contributed by atoms with van der Waals surface area (Å²) in [4.78, 5) is 9.38. The Kier molecular flexibility index (Phi) is 10.3. The van der Waals surface area contributed by atoms with Gasteiger partial charge in [-0.25, -0.2) is 0 Å². The molecule has 0 aromatic heterocycles. The first-order valence-corrected chi connectivity index (χ1v) is 9.99. The van der Waals surface area contributed by atoms with E-state index in [-0.39, 0.29) is 29.5 Å². The van der Waals surface area contributed by atoms with E-state index in [1.165, 1.54) is 0 Å². The Hall–Kier alpha value is -1.42. The van der Waals surface area contributed by atoms with Crippen LogP contribution in [0.2, 0.25) is 0 Å². The number of hydrogen-bond donors (Lipinski definition) is 2. The summed E-state index contributed by atoms with van der Waals surface area (Å²) in [6.45, 7) is 9.98. The van der Waals surface area contributed by atoms with Gasteiger partial charge >= 0.3 is 0 Å². The molecule has 1 atom stereocenters. The number of rotatable bonds is 8. The maximum absolute atomic E-state index is 5.41. The third-order valence-electron chi connectivity index (χ3n) is 5.41. The molecule has 7 nitrogen and oxygen atoms in total. The zero-order chi connectivity index (χ0) is 20.7. The van der Waals surface area contributed by atoms with E-state index in [0.717, 1.165) is 55.7 Å². The summed E-state index contributed by atoms with van der Waals surface area (Å²) >= 11 is 0. The second-order valence-electron chi connectivity index (χ2n) is 8.05. The molecule has 8 heteroatoms. The molecule has 1 fully saturated rings. The number of likely N-dealkylation sites (N-methyl/N-ethyl adjacent to an activating group) is 1. The maximum Gasteiger partial charge on any atom is 0.191 e. The number of ether oxygens (including phenoxy) is 2. The van der Waals surface area contributed by atoms with Gasteiger partial charge < -0.3 is 29.9 Å². The Morgan fingerprint density at radius 3 is 2.34 bits per heavy atom. The molecule has 1 saturated heterocycles. The minimum absolute atomic E-state index is 0. The zero-order valence-electron chi connectivity index (χ0n) is 18.9. The van der Waals surface area contributed by atoms with Crippen LogP contribution in [0.15, 0.2) is 23.2 Å². The van der Waals surface area contributed by atoms with Crippen molar-refractivity contribution < 1.29 is 9.47 Å². The van der Waals surface area contributed by atoms with Crippen LogP contribution in [0.25, 0.3) is 0 Å². The quantitative estimate of drug-likeness (QED) is 0.313. The number of nitrogens with one attached hydrogen (secondary N) is 2. The van der Waals surface area contributed by atoms with Crippen molar-refractivity contribution in [1.82, 2.24) is 15.5 Å². The van der Waals surface area contributed by atoms with E-state index in [4.69, 9.17) is 14.5 Å². The van der Waals surface area contributed by atoms with Crippen LogP contribution >= 0.6 is 24.0 Å². The molecule has 29 heavy (non-hydrogen) atoms. The molecule has 1 aromatic rings. The number of anilines is 1. The van der Waals surface area contributed by atoms with Crippen molar-refractivity contribution in [1.29, 1.82) is 0 Å². The third-order valence-corrected chi connectivity index (χ3v) is 5.41. The molecule has 0 aliphatic carbocycles. The molecule has 1 aliphatic heterocycles. The van der Waals surface area contributed by atoms with Gasteiger partial charge in [0.2, 0.25) is 0 Å². The summed E-state index contributed by atoms with van der Waals surface area (Å²) in [5.74, 6) is 2.51. The highest BCUT2D eigenvalue weighted by Gasteiger charge is 2.25. The Balaban J connectivity index is 0.00000420. The van der Waals surface area contributed by atoms with Crippen molar-refractivity contribution in [2.45, 2.75) is 38.8 Å². The van der Waals surface area contributed by atoms with Crippen LogP contribution in [-0.4, -0.2) is 76.9 Å². The van der Waals surface area contributed by atoms with Crippen LogP contribution in [0.4, 0.5) is 5.69 Å². The van der Waals surface area contributed by atoms with Gasteiger partial charge in [0.1, 0.15) is 11.5 Å². The number of benzene rings is 1. The molecule has 166 valence electrons. The van der Waals surface area contributed by atoms with Gasteiger partial charge in [-0.1, -0.05) is 0 Å². The summed E-state index contributed by atoms with van der Waals surface area (Å²) in [7, 11) is 7.54. The average molecular weight is 519 g/mol. The van der Waals surface area contributed by atoms with Crippen LogP contribution in [0, 0.1) is 0 Å². The molecule has 2 rings (SSSR count). The largest absolute Gasteiger partial charge is 0.497 e. The average Bonchev–Trinajstić information content (AvgIpc) is 3.14. The molecule has 1 aromatic carbocycles. The number of methoxy groups -OCH3 is 2. The second kappa shape index (κ2) is 11.7. The minimum Gasteiger partial charge on any atom is -0.497 e. The van der Waals surface area contributed by atoms with E-state index in [9.17, 15) is 0 Å². The molecule has 1 unspecified atom stereocenters. The van der Waals surface area contributed by atoms with Gasteiger partial charge in [-0.2, -0.15) is 0 Å². The first-order chi connectivity index (χ1) is 13.3. The van der Waals surface area contributed by atoms with Crippen molar-refractivity contribution in [2.75, 3.05) is 59.4 Å². The Bertz CT molecular complexity index is 644. The van der Waals surface area contributed by atoms with E-state index in [0.29, 0.717) is 6.04 Å². The normalized spacial score (nSPS) is 17.2. The molecular weight excluding hydrogens is 481 g/mol. The molecule has 1 heterocycles. The van der Waals surface area contributed by atoms with Gasteiger partial charge in [0.25, 0.3) is 0 Å². The summed E-state index contributed by atoms with van der Waals surface area (Å²) in [5, 5.41) is 6.98. The number of halogens is 1. The smallest absolute Gasteiger partial charge is 0.191 e. The molecule has 0 radical (unpaired) electrons. The highest BCUT2D eigenvalue weighted by Crippen LogP contribution is 2.30. The zero-order valence-corrected chi connectivity index (χ0v) is 21.2. The Morgan fingerprint density at radius 1 is 1.21 bits per heavy atom. The topological polar surface area (TPSA) is 61.4 Å². The van der Waals surface area contributed by atoms with E-state index < -0.39 is 0 Å². The van der Waals surface area contributed by atoms with Gasteiger partial charge in [0.15, 0.2) is 5.96 Å². The van der Waals surface area contributed by atoms with Crippen molar-refractivity contribution in [3.05, 3.63) is 18.2 Å². The van der Waals surface area contributed by atoms with E-state index >= 15 is 0 Å². The fraction of sp³-hybridized carbons (Fsp3) is 0.667. The fourth-order valence-corrected chi connectivity index (χ4v) is 3.01. The summed E-state index contributed by atoms with van der Waals surface area (Å²) < 4.78 is 10.8. The van der Waals surface area contributed by atoms with Crippen molar-refractivity contribution >= 4 is 35.6 Å². The molecule has 0 spiro atoms. The van der Waals surface area contributed by atoms with Crippen molar-refractivity contribution in [3.63, 3.8) is 0 Å². The molecule has 0 saturated carbocycles. The molecule has 1 aliphatic rings. The van der Waals surface area contributed by atoms with Crippen molar-refractivity contribution in [3.8, 4) is 11.5 Å². The highest BCUT2D eigenvalue weighted by molar-refractivity contribution is 14.0. The van der Waals surface area contributed by atoms with Crippen LogP contribution in [0.5, 0.6) is 11.5 Å². The van der Waals surface area contributed by atoms with Gasteiger partial charge in [0.05, 0.1) is 20.8 Å². The summed E-state index contributed by atoms with van der Waals surface area (Å²) in [6, 6.07) is 6.36. The standard InChI is InChI=1S/C21H37N5O2.HI/c1-8-22-20(23-15-21(2,3)25(4)5)24-16-9-10-26(14-16)17-11-18(27-6)13-19(12-17)28-7;/h11-13,16H,8-10,14-15H2,1-7H3,(H2,22,23,24);1H. The Morgan fingerprint density at radius 2 is 1.83 bits per heavy atom. The van der Waals surface area contributed by atoms with Crippen LogP contribution in [-0.2, 0) is 0 Å². The lowest BCUT2D eigenvalue weighted by Gasteiger charge is -2.31. The molecule has 2 N–H and O–H groups in total.